The first-order chi connectivity index (χ1) is 13.6. The summed E-state index contributed by atoms with van der Waals surface area (Å²) in [7, 11) is 0. The van der Waals surface area contributed by atoms with Crippen LogP contribution in [0, 0.1) is 23.5 Å². The van der Waals surface area contributed by atoms with Crippen molar-refractivity contribution in [2.75, 3.05) is 29.2 Å². The van der Waals surface area contributed by atoms with E-state index in [1.165, 1.54) is 18.3 Å². The van der Waals surface area contributed by atoms with E-state index in [4.69, 9.17) is 5.73 Å². The molecule has 0 spiro atoms. The van der Waals surface area contributed by atoms with Gasteiger partial charge in [0.15, 0.2) is 17.5 Å². The Kier molecular flexibility index (Phi) is 6.94. The van der Waals surface area contributed by atoms with Crippen LogP contribution in [0.4, 0.5) is 26.2 Å². The smallest absolute Gasteiger partial charge is 0.225 e. The molecule has 0 amide bonds. The van der Waals surface area contributed by atoms with Crippen LogP contribution in [-0.2, 0) is 6.54 Å². The van der Waals surface area contributed by atoms with Crippen LogP contribution < -0.4 is 21.8 Å². The summed E-state index contributed by atoms with van der Waals surface area (Å²) in [6.07, 6.45) is 5.88. The van der Waals surface area contributed by atoms with Crippen LogP contribution in [0.2, 0.25) is 0 Å². The van der Waals surface area contributed by atoms with Crippen molar-refractivity contribution < 1.29 is 14.0 Å². The van der Waals surface area contributed by atoms with E-state index in [1.54, 1.807) is 0 Å². The fraction of sp³-hybridized carbons (Fsp3) is 0.474. The molecule has 1 aromatic heterocycles. The number of nitrogens with one attached hydrogen (secondary N) is 3. The Balaban J connectivity index is 1.61. The van der Waals surface area contributed by atoms with Gasteiger partial charge in [0.1, 0.15) is 5.69 Å². The Labute approximate surface area is 162 Å². The second-order valence-electron chi connectivity index (χ2n) is 7.14. The van der Waals surface area contributed by atoms with Crippen molar-refractivity contribution in [2.24, 2.45) is 17.6 Å². The molecule has 1 fully saturated rings. The third kappa shape index (κ3) is 5.05. The zero-order valence-corrected chi connectivity index (χ0v) is 15.6. The molecule has 0 unspecified atom stereocenters. The van der Waals surface area contributed by atoms with Gasteiger partial charge in [-0.1, -0.05) is 12.1 Å². The van der Waals surface area contributed by atoms with Crippen LogP contribution in [0.15, 0.2) is 24.4 Å². The van der Waals surface area contributed by atoms with E-state index in [-0.39, 0.29) is 18.1 Å². The lowest BCUT2D eigenvalue weighted by Gasteiger charge is -2.28. The maximum Gasteiger partial charge on any atom is 0.225 e. The first-order valence-corrected chi connectivity index (χ1v) is 9.48. The molecule has 0 bridgehead atoms. The molecule has 1 heterocycles. The van der Waals surface area contributed by atoms with Gasteiger partial charge in [-0.05, 0) is 50.1 Å². The van der Waals surface area contributed by atoms with E-state index in [1.807, 2.05) is 0 Å². The van der Waals surface area contributed by atoms with Crippen molar-refractivity contribution in [1.29, 1.82) is 0 Å². The van der Waals surface area contributed by atoms with Crippen molar-refractivity contribution >= 4 is 17.5 Å². The highest BCUT2D eigenvalue weighted by Crippen LogP contribution is 2.29. The van der Waals surface area contributed by atoms with Gasteiger partial charge < -0.3 is 16.4 Å². The third-order valence-corrected chi connectivity index (χ3v) is 5.24. The molecule has 152 valence electrons. The molecule has 0 saturated heterocycles. The number of anilines is 3. The molecule has 3 rings (SSSR count). The molecule has 1 aromatic carbocycles. The summed E-state index contributed by atoms with van der Waals surface area (Å²) < 4.78 is 27.1. The summed E-state index contributed by atoms with van der Waals surface area (Å²) in [5.41, 5.74) is 8.34. The SMILES string of the molecule is NCC1CCC(CNc2nc(NCc3cccc(F)c3F)ncc2NO)CC1. The van der Waals surface area contributed by atoms with Gasteiger partial charge in [-0.15, -0.1) is 0 Å². The van der Waals surface area contributed by atoms with E-state index in [0.717, 1.165) is 44.8 Å². The molecule has 0 radical (unpaired) electrons. The lowest BCUT2D eigenvalue weighted by Crippen LogP contribution is -2.25. The average Bonchev–Trinajstić information content (AvgIpc) is 2.73. The lowest BCUT2D eigenvalue weighted by molar-refractivity contribution is 0.289. The Morgan fingerprint density at radius 3 is 2.57 bits per heavy atom. The van der Waals surface area contributed by atoms with E-state index in [9.17, 15) is 14.0 Å². The van der Waals surface area contributed by atoms with Gasteiger partial charge in [0.05, 0.1) is 6.20 Å². The van der Waals surface area contributed by atoms with Gasteiger partial charge in [-0.3, -0.25) is 10.7 Å². The monoisotopic (exact) mass is 392 g/mol. The number of hydrogen-bond acceptors (Lipinski definition) is 7. The number of benzene rings is 1. The van der Waals surface area contributed by atoms with Crippen LogP contribution in [0.5, 0.6) is 0 Å². The summed E-state index contributed by atoms with van der Waals surface area (Å²) in [5.74, 6) is 0.0330. The fourth-order valence-electron chi connectivity index (χ4n) is 3.46. The normalized spacial score (nSPS) is 19.3. The molecule has 1 aliphatic carbocycles. The van der Waals surface area contributed by atoms with Crippen molar-refractivity contribution in [1.82, 2.24) is 9.97 Å². The molecule has 28 heavy (non-hydrogen) atoms. The summed E-state index contributed by atoms with van der Waals surface area (Å²) in [4.78, 5) is 8.41. The maximum absolute atomic E-state index is 13.8. The molecule has 0 aliphatic heterocycles. The van der Waals surface area contributed by atoms with Crippen LogP contribution >= 0.6 is 0 Å². The highest BCUT2D eigenvalue weighted by molar-refractivity contribution is 5.63. The van der Waals surface area contributed by atoms with Crippen LogP contribution in [0.25, 0.3) is 0 Å². The Bertz CT molecular complexity index is 783. The minimum atomic E-state index is -0.897. The summed E-state index contributed by atoms with van der Waals surface area (Å²) in [6.45, 7) is 1.50. The lowest BCUT2D eigenvalue weighted by atomic mass is 9.82. The van der Waals surface area contributed by atoms with Gasteiger partial charge in [-0.25, -0.2) is 13.8 Å². The molecule has 1 saturated carbocycles. The van der Waals surface area contributed by atoms with Gasteiger partial charge >= 0.3 is 0 Å². The minimum Gasteiger partial charge on any atom is -0.368 e. The number of hydrogen-bond donors (Lipinski definition) is 5. The van der Waals surface area contributed by atoms with Gasteiger partial charge in [-0.2, -0.15) is 4.98 Å². The average molecular weight is 392 g/mol. The maximum atomic E-state index is 13.8. The minimum absolute atomic E-state index is 0.0397. The van der Waals surface area contributed by atoms with E-state index in [2.05, 4.69) is 26.1 Å². The van der Waals surface area contributed by atoms with Crippen LogP contribution in [0.3, 0.4) is 0 Å². The Morgan fingerprint density at radius 2 is 1.86 bits per heavy atom. The first-order valence-electron chi connectivity index (χ1n) is 9.48. The van der Waals surface area contributed by atoms with Crippen LogP contribution in [-0.4, -0.2) is 28.3 Å². The zero-order chi connectivity index (χ0) is 19.9. The quantitative estimate of drug-likeness (QED) is 0.439. The van der Waals surface area contributed by atoms with Crippen molar-refractivity contribution in [3.8, 4) is 0 Å². The van der Waals surface area contributed by atoms with E-state index >= 15 is 0 Å². The Hall–Kier alpha value is -2.52. The third-order valence-electron chi connectivity index (χ3n) is 5.24. The molecular formula is C19H26F2N6O. The summed E-state index contributed by atoms with van der Waals surface area (Å²) >= 11 is 0. The molecule has 2 aromatic rings. The fourth-order valence-corrected chi connectivity index (χ4v) is 3.46. The highest BCUT2D eigenvalue weighted by Gasteiger charge is 2.20. The predicted octanol–water partition coefficient (Wildman–Crippen LogP) is 3.35. The number of nitrogens with zero attached hydrogens (tertiary/aromatic N) is 2. The highest BCUT2D eigenvalue weighted by atomic mass is 19.2. The molecule has 0 atom stereocenters. The standard InChI is InChI=1S/C19H26F2N6O/c20-15-3-1-2-14(17(15)21)10-24-19-25-11-16(27-28)18(26-19)23-9-13-6-4-12(8-22)5-7-13/h1-3,11-13,27-28H,4-10,22H2,(H2,23,24,25,26). The topological polar surface area (TPSA) is 108 Å². The van der Waals surface area contributed by atoms with Crippen molar-refractivity contribution in [3.05, 3.63) is 41.6 Å². The molecule has 7 nitrogen and oxygen atoms in total. The van der Waals surface area contributed by atoms with Gasteiger partial charge in [0.2, 0.25) is 5.95 Å². The van der Waals surface area contributed by atoms with E-state index in [0.29, 0.717) is 23.3 Å². The molecular weight excluding hydrogens is 366 g/mol. The molecule has 6 N–H and O–H groups in total. The largest absolute Gasteiger partial charge is 0.368 e. The number of halogens is 2. The Morgan fingerprint density at radius 1 is 1.11 bits per heavy atom. The zero-order valence-electron chi connectivity index (χ0n) is 15.6. The van der Waals surface area contributed by atoms with Gasteiger partial charge in [0, 0.05) is 18.7 Å². The van der Waals surface area contributed by atoms with Crippen molar-refractivity contribution in [3.63, 3.8) is 0 Å². The number of aromatic nitrogens is 2. The summed E-state index contributed by atoms with van der Waals surface area (Å²) in [6, 6.07) is 4.01. The summed E-state index contributed by atoms with van der Waals surface area (Å²) in [5, 5.41) is 15.4. The van der Waals surface area contributed by atoms with Crippen LogP contribution in [0.1, 0.15) is 31.2 Å². The van der Waals surface area contributed by atoms with Gasteiger partial charge in [0.25, 0.3) is 0 Å². The molecule has 9 heteroatoms. The number of rotatable bonds is 8. The predicted molar refractivity (Wildman–Crippen MR) is 104 cm³/mol. The first kappa shape index (κ1) is 20.2. The second kappa shape index (κ2) is 9.61. The second-order valence-corrected chi connectivity index (χ2v) is 7.14. The number of nitrogens with two attached hydrogens (primary N) is 1. The molecule has 1 aliphatic rings. The van der Waals surface area contributed by atoms with E-state index < -0.39 is 11.6 Å². The van der Waals surface area contributed by atoms with Crippen molar-refractivity contribution in [2.45, 2.75) is 32.2 Å².